The van der Waals surface area contributed by atoms with Gasteiger partial charge in [-0.2, -0.15) is 0 Å². The lowest BCUT2D eigenvalue weighted by atomic mass is 10.1. The molecule has 100 valence electrons. The third-order valence-electron chi connectivity index (χ3n) is 2.55. The van der Waals surface area contributed by atoms with Gasteiger partial charge in [0.05, 0.1) is 5.69 Å². The first-order valence-corrected chi connectivity index (χ1v) is 7.58. The SMILES string of the molecule is CC(C)c1nc(-c2cc(Cl)ccc2Br)sc1C(=O)O. The number of aromatic carboxylic acids is 1. The van der Waals surface area contributed by atoms with E-state index in [1.54, 1.807) is 12.1 Å². The van der Waals surface area contributed by atoms with Gasteiger partial charge in [0, 0.05) is 15.1 Å². The van der Waals surface area contributed by atoms with E-state index in [0.717, 1.165) is 10.0 Å². The molecule has 2 aromatic rings. The van der Waals surface area contributed by atoms with Crippen LogP contribution in [0.15, 0.2) is 22.7 Å². The Bertz CT molecular complexity index is 640. The summed E-state index contributed by atoms with van der Waals surface area (Å²) in [6, 6.07) is 5.37. The number of carboxylic acid groups (broad SMARTS) is 1. The standard InChI is InChI=1S/C13H11BrClNO2S/c1-6(2)10-11(13(17)18)19-12(16-10)8-5-7(15)3-4-9(8)14/h3-6H,1-2H3,(H,17,18). The van der Waals surface area contributed by atoms with Gasteiger partial charge >= 0.3 is 5.97 Å². The van der Waals surface area contributed by atoms with E-state index in [0.29, 0.717) is 15.7 Å². The molecule has 0 aliphatic carbocycles. The van der Waals surface area contributed by atoms with Crippen LogP contribution in [0.3, 0.4) is 0 Å². The topological polar surface area (TPSA) is 50.2 Å². The number of benzene rings is 1. The molecule has 0 bridgehead atoms. The summed E-state index contributed by atoms with van der Waals surface area (Å²) in [5, 5.41) is 10.5. The molecule has 1 aromatic heterocycles. The van der Waals surface area contributed by atoms with Gasteiger partial charge in [-0.15, -0.1) is 11.3 Å². The van der Waals surface area contributed by atoms with Crippen LogP contribution in [0.2, 0.25) is 5.02 Å². The smallest absolute Gasteiger partial charge is 0.347 e. The fourth-order valence-electron chi connectivity index (χ4n) is 1.65. The Hall–Kier alpha value is -0.910. The molecule has 1 aromatic carbocycles. The molecule has 0 saturated carbocycles. The third kappa shape index (κ3) is 2.99. The maximum absolute atomic E-state index is 11.3. The van der Waals surface area contributed by atoms with E-state index in [4.69, 9.17) is 11.6 Å². The van der Waals surface area contributed by atoms with Gasteiger partial charge in [0.25, 0.3) is 0 Å². The summed E-state index contributed by atoms with van der Waals surface area (Å²) in [5.74, 6) is -0.875. The predicted octanol–water partition coefficient (Wildman–Crippen LogP) is 5.05. The summed E-state index contributed by atoms with van der Waals surface area (Å²) < 4.78 is 0.845. The number of hydrogen-bond acceptors (Lipinski definition) is 3. The van der Waals surface area contributed by atoms with Gasteiger partial charge in [-0.25, -0.2) is 9.78 Å². The van der Waals surface area contributed by atoms with Crippen molar-refractivity contribution in [2.24, 2.45) is 0 Å². The number of halogens is 2. The van der Waals surface area contributed by atoms with Crippen LogP contribution in [-0.2, 0) is 0 Å². The molecular weight excluding hydrogens is 350 g/mol. The molecule has 0 radical (unpaired) electrons. The van der Waals surface area contributed by atoms with E-state index in [-0.39, 0.29) is 10.8 Å². The molecular formula is C13H11BrClNO2S. The first-order valence-electron chi connectivity index (χ1n) is 5.59. The number of aromatic nitrogens is 1. The molecule has 6 heteroatoms. The molecule has 0 unspecified atom stereocenters. The van der Waals surface area contributed by atoms with Crippen LogP contribution in [0, 0.1) is 0 Å². The van der Waals surface area contributed by atoms with Gasteiger partial charge in [0.1, 0.15) is 9.88 Å². The van der Waals surface area contributed by atoms with Crippen LogP contribution < -0.4 is 0 Å². The molecule has 3 nitrogen and oxygen atoms in total. The summed E-state index contributed by atoms with van der Waals surface area (Å²) in [7, 11) is 0. The van der Waals surface area contributed by atoms with Crippen molar-refractivity contribution in [1.82, 2.24) is 4.98 Å². The molecule has 0 atom stereocenters. The maximum Gasteiger partial charge on any atom is 0.347 e. The average Bonchev–Trinajstić information content (AvgIpc) is 2.77. The van der Waals surface area contributed by atoms with Gasteiger partial charge in [-0.3, -0.25) is 0 Å². The summed E-state index contributed by atoms with van der Waals surface area (Å²) >= 11 is 10.6. The number of nitrogens with zero attached hydrogens (tertiary/aromatic N) is 1. The number of hydrogen-bond donors (Lipinski definition) is 1. The van der Waals surface area contributed by atoms with Crippen LogP contribution in [0.1, 0.15) is 35.1 Å². The minimum Gasteiger partial charge on any atom is -0.477 e. The van der Waals surface area contributed by atoms with Crippen molar-refractivity contribution in [2.45, 2.75) is 19.8 Å². The molecule has 0 aliphatic rings. The summed E-state index contributed by atoms with van der Waals surface area (Å²) in [6.07, 6.45) is 0. The second-order valence-electron chi connectivity index (χ2n) is 4.32. The van der Waals surface area contributed by atoms with E-state index < -0.39 is 5.97 Å². The minimum atomic E-state index is -0.939. The number of carboxylic acids is 1. The van der Waals surface area contributed by atoms with Crippen molar-refractivity contribution in [2.75, 3.05) is 0 Å². The molecule has 2 rings (SSSR count). The summed E-state index contributed by atoms with van der Waals surface area (Å²) in [6.45, 7) is 3.86. The summed E-state index contributed by atoms with van der Waals surface area (Å²) in [5.41, 5.74) is 1.42. The number of rotatable bonds is 3. The Morgan fingerprint density at radius 3 is 2.68 bits per heavy atom. The highest BCUT2D eigenvalue weighted by Crippen LogP contribution is 2.36. The average molecular weight is 361 g/mol. The first kappa shape index (κ1) is 14.5. The molecule has 0 amide bonds. The number of carbonyl (C=O) groups is 1. The van der Waals surface area contributed by atoms with Gasteiger partial charge in [-0.1, -0.05) is 41.4 Å². The zero-order valence-corrected chi connectivity index (χ0v) is 13.4. The van der Waals surface area contributed by atoms with Gasteiger partial charge in [0.15, 0.2) is 0 Å². The maximum atomic E-state index is 11.3. The predicted molar refractivity (Wildman–Crippen MR) is 81.3 cm³/mol. The molecule has 0 fully saturated rings. The lowest BCUT2D eigenvalue weighted by Crippen LogP contribution is -2.00. The van der Waals surface area contributed by atoms with Crippen molar-refractivity contribution in [3.05, 3.63) is 38.3 Å². The van der Waals surface area contributed by atoms with Crippen LogP contribution in [0.25, 0.3) is 10.6 Å². The molecule has 1 N–H and O–H groups in total. The quantitative estimate of drug-likeness (QED) is 0.833. The molecule has 0 spiro atoms. The molecule has 0 saturated heterocycles. The van der Waals surface area contributed by atoms with Crippen molar-refractivity contribution >= 4 is 44.8 Å². The highest BCUT2D eigenvalue weighted by molar-refractivity contribution is 9.10. The fraction of sp³-hybridized carbons (Fsp3) is 0.231. The van der Waals surface area contributed by atoms with E-state index in [9.17, 15) is 9.90 Å². The van der Waals surface area contributed by atoms with Crippen molar-refractivity contribution in [3.63, 3.8) is 0 Å². The largest absolute Gasteiger partial charge is 0.477 e. The van der Waals surface area contributed by atoms with E-state index in [1.165, 1.54) is 11.3 Å². The highest BCUT2D eigenvalue weighted by Gasteiger charge is 2.21. The van der Waals surface area contributed by atoms with Crippen molar-refractivity contribution in [3.8, 4) is 10.6 Å². The van der Waals surface area contributed by atoms with Gasteiger partial charge < -0.3 is 5.11 Å². The van der Waals surface area contributed by atoms with E-state index in [2.05, 4.69) is 20.9 Å². The molecule has 1 heterocycles. The summed E-state index contributed by atoms with van der Waals surface area (Å²) in [4.78, 5) is 16.0. The monoisotopic (exact) mass is 359 g/mol. The van der Waals surface area contributed by atoms with E-state index >= 15 is 0 Å². The van der Waals surface area contributed by atoms with Crippen LogP contribution >= 0.6 is 38.9 Å². The van der Waals surface area contributed by atoms with Crippen molar-refractivity contribution < 1.29 is 9.90 Å². The Morgan fingerprint density at radius 2 is 2.16 bits per heavy atom. The second-order valence-corrected chi connectivity index (χ2v) is 6.61. The minimum absolute atomic E-state index is 0.0639. The van der Waals surface area contributed by atoms with Crippen LogP contribution in [0.5, 0.6) is 0 Å². The van der Waals surface area contributed by atoms with Crippen molar-refractivity contribution in [1.29, 1.82) is 0 Å². The zero-order valence-electron chi connectivity index (χ0n) is 10.3. The zero-order chi connectivity index (χ0) is 14.2. The molecule has 0 aliphatic heterocycles. The second kappa shape index (κ2) is 5.61. The Kier molecular flexibility index (Phi) is 4.28. The fourth-order valence-corrected chi connectivity index (χ4v) is 3.48. The highest BCUT2D eigenvalue weighted by atomic mass is 79.9. The normalized spacial score (nSPS) is 11.0. The first-order chi connectivity index (χ1) is 8.90. The lowest BCUT2D eigenvalue weighted by Gasteiger charge is -2.02. The Morgan fingerprint density at radius 1 is 1.47 bits per heavy atom. The molecule has 19 heavy (non-hydrogen) atoms. The van der Waals surface area contributed by atoms with Gasteiger partial charge in [-0.05, 0) is 24.1 Å². The van der Waals surface area contributed by atoms with Crippen LogP contribution in [0.4, 0.5) is 0 Å². The Balaban J connectivity index is 2.60. The third-order valence-corrected chi connectivity index (χ3v) is 4.57. The number of thiazole rings is 1. The lowest BCUT2D eigenvalue weighted by molar-refractivity contribution is 0.0700. The Labute approximate surface area is 128 Å². The van der Waals surface area contributed by atoms with Crippen LogP contribution in [-0.4, -0.2) is 16.1 Å². The van der Waals surface area contributed by atoms with E-state index in [1.807, 2.05) is 19.9 Å². The van der Waals surface area contributed by atoms with Gasteiger partial charge in [0.2, 0.25) is 0 Å².